The molecular weight excluding hydrogens is 212 g/mol. The van der Waals surface area contributed by atoms with Crippen LogP contribution < -0.4 is 10.1 Å². The van der Waals surface area contributed by atoms with Gasteiger partial charge in [-0.3, -0.25) is 4.90 Å². The second-order valence-electron chi connectivity index (χ2n) is 4.83. The van der Waals surface area contributed by atoms with Gasteiger partial charge in [0.1, 0.15) is 5.75 Å². The number of piperazine rings is 1. The molecule has 0 bridgehead atoms. The van der Waals surface area contributed by atoms with E-state index in [9.17, 15) is 0 Å². The number of methoxy groups -OCH3 is 1. The van der Waals surface area contributed by atoms with E-state index in [2.05, 4.69) is 42.3 Å². The summed E-state index contributed by atoms with van der Waals surface area (Å²) in [5.74, 6) is 0.991. The van der Waals surface area contributed by atoms with Gasteiger partial charge in [0, 0.05) is 32.2 Å². The molecule has 0 amide bonds. The molecule has 3 heteroatoms. The Morgan fingerprint density at radius 3 is 3.00 bits per heavy atom. The fourth-order valence-corrected chi connectivity index (χ4v) is 2.32. The van der Waals surface area contributed by atoms with Crippen LogP contribution in [0.4, 0.5) is 0 Å². The maximum absolute atomic E-state index is 5.37. The number of ether oxygens (including phenoxy) is 1. The summed E-state index contributed by atoms with van der Waals surface area (Å²) in [5, 5.41) is 3.42. The van der Waals surface area contributed by atoms with Crippen LogP contribution in [0, 0.1) is 6.92 Å². The standard InChI is InChI=1S/C14H22N2O/c1-11-4-5-13(8-14(11)17-3)10-16-7-6-15-9-12(16)2/h4-5,8,12,15H,6-7,9-10H2,1-3H3/t12-/m1/s1. The van der Waals surface area contributed by atoms with Crippen molar-refractivity contribution in [3.8, 4) is 5.75 Å². The Balaban J connectivity index is 2.07. The van der Waals surface area contributed by atoms with Gasteiger partial charge in [0.25, 0.3) is 0 Å². The van der Waals surface area contributed by atoms with E-state index in [0.29, 0.717) is 6.04 Å². The molecule has 1 aromatic carbocycles. The maximum atomic E-state index is 5.37. The molecule has 0 aromatic heterocycles. The average Bonchev–Trinajstić information content (AvgIpc) is 2.34. The molecule has 1 fully saturated rings. The Bertz CT molecular complexity index is 378. The predicted molar refractivity (Wildman–Crippen MR) is 70.5 cm³/mol. The molecule has 17 heavy (non-hydrogen) atoms. The lowest BCUT2D eigenvalue weighted by Gasteiger charge is -2.34. The van der Waals surface area contributed by atoms with Crippen LogP contribution in [0.5, 0.6) is 5.75 Å². The Morgan fingerprint density at radius 2 is 2.29 bits per heavy atom. The highest BCUT2D eigenvalue weighted by Gasteiger charge is 2.17. The fourth-order valence-electron chi connectivity index (χ4n) is 2.32. The number of hydrogen-bond donors (Lipinski definition) is 1. The van der Waals surface area contributed by atoms with Gasteiger partial charge in [0.05, 0.1) is 7.11 Å². The minimum atomic E-state index is 0.607. The molecular formula is C14H22N2O. The minimum absolute atomic E-state index is 0.607. The van der Waals surface area contributed by atoms with Crippen LogP contribution in [0.3, 0.4) is 0 Å². The van der Waals surface area contributed by atoms with Crippen LogP contribution in [0.1, 0.15) is 18.1 Å². The third-order valence-corrected chi connectivity index (χ3v) is 3.50. The van der Waals surface area contributed by atoms with Crippen LogP contribution >= 0.6 is 0 Å². The summed E-state index contributed by atoms with van der Waals surface area (Å²) in [6, 6.07) is 7.11. The molecule has 1 atom stereocenters. The molecule has 0 unspecified atom stereocenters. The van der Waals surface area contributed by atoms with Gasteiger partial charge in [-0.1, -0.05) is 12.1 Å². The van der Waals surface area contributed by atoms with Gasteiger partial charge < -0.3 is 10.1 Å². The lowest BCUT2D eigenvalue weighted by molar-refractivity contribution is 0.165. The maximum Gasteiger partial charge on any atom is 0.122 e. The van der Waals surface area contributed by atoms with Crippen molar-refractivity contribution in [1.29, 1.82) is 0 Å². The van der Waals surface area contributed by atoms with Crippen molar-refractivity contribution in [2.75, 3.05) is 26.7 Å². The first kappa shape index (κ1) is 12.4. The highest BCUT2D eigenvalue weighted by Crippen LogP contribution is 2.20. The molecule has 0 saturated carbocycles. The lowest BCUT2D eigenvalue weighted by Crippen LogP contribution is -2.49. The van der Waals surface area contributed by atoms with Crippen molar-refractivity contribution in [2.24, 2.45) is 0 Å². The minimum Gasteiger partial charge on any atom is -0.496 e. The van der Waals surface area contributed by atoms with E-state index in [1.807, 2.05) is 0 Å². The molecule has 1 saturated heterocycles. The first-order valence-electron chi connectivity index (χ1n) is 6.29. The van der Waals surface area contributed by atoms with Gasteiger partial charge in [-0.15, -0.1) is 0 Å². The van der Waals surface area contributed by atoms with Crippen LogP contribution in [0.2, 0.25) is 0 Å². The lowest BCUT2D eigenvalue weighted by atomic mass is 10.1. The molecule has 0 spiro atoms. The molecule has 2 rings (SSSR count). The molecule has 1 aliphatic rings. The van der Waals surface area contributed by atoms with Gasteiger partial charge in [-0.05, 0) is 31.0 Å². The molecule has 94 valence electrons. The summed E-state index contributed by atoms with van der Waals surface area (Å²) in [4.78, 5) is 2.51. The topological polar surface area (TPSA) is 24.5 Å². The van der Waals surface area contributed by atoms with Crippen molar-refractivity contribution in [3.63, 3.8) is 0 Å². The van der Waals surface area contributed by atoms with Crippen molar-refractivity contribution in [2.45, 2.75) is 26.4 Å². The summed E-state index contributed by atoms with van der Waals surface area (Å²) >= 11 is 0. The molecule has 1 N–H and O–H groups in total. The van der Waals surface area contributed by atoms with Crippen molar-refractivity contribution >= 4 is 0 Å². The van der Waals surface area contributed by atoms with Gasteiger partial charge in [0.15, 0.2) is 0 Å². The van der Waals surface area contributed by atoms with Crippen LogP contribution in [0.25, 0.3) is 0 Å². The van der Waals surface area contributed by atoms with Crippen LogP contribution in [0.15, 0.2) is 18.2 Å². The van der Waals surface area contributed by atoms with Gasteiger partial charge in [-0.2, -0.15) is 0 Å². The summed E-state index contributed by atoms with van der Waals surface area (Å²) in [6.07, 6.45) is 0. The number of nitrogens with one attached hydrogen (secondary N) is 1. The quantitative estimate of drug-likeness (QED) is 0.863. The molecule has 1 aromatic rings. The van der Waals surface area contributed by atoms with E-state index < -0.39 is 0 Å². The Hall–Kier alpha value is -1.06. The highest BCUT2D eigenvalue weighted by atomic mass is 16.5. The monoisotopic (exact) mass is 234 g/mol. The number of hydrogen-bond acceptors (Lipinski definition) is 3. The van der Waals surface area contributed by atoms with E-state index >= 15 is 0 Å². The Morgan fingerprint density at radius 1 is 1.47 bits per heavy atom. The first-order chi connectivity index (χ1) is 8.20. The number of benzene rings is 1. The second-order valence-corrected chi connectivity index (χ2v) is 4.83. The summed E-state index contributed by atoms with van der Waals surface area (Å²) in [6.45, 7) is 8.67. The van der Waals surface area contributed by atoms with E-state index in [1.165, 1.54) is 11.1 Å². The summed E-state index contributed by atoms with van der Waals surface area (Å²) in [5.41, 5.74) is 2.53. The van der Waals surface area contributed by atoms with E-state index in [1.54, 1.807) is 7.11 Å². The largest absolute Gasteiger partial charge is 0.496 e. The SMILES string of the molecule is COc1cc(CN2CCNC[C@H]2C)ccc1C. The highest BCUT2D eigenvalue weighted by molar-refractivity contribution is 5.36. The van der Waals surface area contributed by atoms with Gasteiger partial charge in [0.2, 0.25) is 0 Å². The Labute approximate surface area is 104 Å². The zero-order chi connectivity index (χ0) is 12.3. The summed E-state index contributed by atoms with van der Waals surface area (Å²) in [7, 11) is 1.74. The molecule has 0 aliphatic carbocycles. The molecule has 1 aliphatic heterocycles. The first-order valence-corrected chi connectivity index (χ1v) is 6.29. The zero-order valence-corrected chi connectivity index (χ0v) is 11.0. The molecule has 0 radical (unpaired) electrons. The number of nitrogens with zero attached hydrogens (tertiary/aromatic N) is 1. The van der Waals surface area contributed by atoms with Gasteiger partial charge >= 0.3 is 0 Å². The van der Waals surface area contributed by atoms with Gasteiger partial charge in [-0.25, -0.2) is 0 Å². The van der Waals surface area contributed by atoms with Crippen molar-refractivity contribution in [3.05, 3.63) is 29.3 Å². The number of aryl methyl sites for hydroxylation is 1. The van der Waals surface area contributed by atoms with Crippen LogP contribution in [-0.2, 0) is 6.54 Å². The van der Waals surface area contributed by atoms with E-state index in [4.69, 9.17) is 4.74 Å². The fraction of sp³-hybridized carbons (Fsp3) is 0.571. The normalized spacial score (nSPS) is 21.5. The third kappa shape index (κ3) is 2.99. The summed E-state index contributed by atoms with van der Waals surface area (Å²) < 4.78 is 5.37. The number of rotatable bonds is 3. The average molecular weight is 234 g/mol. The van der Waals surface area contributed by atoms with Crippen molar-refractivity contribution in [1.82, 2.24) is 10.2 Å². The second kappa shape index (κ2) is 5.52. The zero-order valence-electron chi connectivity index (χ0n) is 11.0. The Kier molecular flexibility index (Phi) is 4.02. The molecule has 1 heterocycles. The van der Waals surface area contributed by atoms with Crippen molar-refractivity contribution < 1.29 is 4.74 Å². The third-order valence-electron chi connectivity index (χ3n) is 3.50. The van der Waals surface area contributed by atoms with E-state index in [-0.39, 0.29) is 0 Å². The molecule has 3 nitrogen and oxygen atoms in total. The smallest absolute Gasteiger partial charge is 0.122 e. The van der Waals surface area contributed by atoms with E-state index in [0.717, 1.165) is 31.9 Å². The van der Waals surface area contributed by atoms with Crippen LogP contribution in [-0.4, -0.2) is 37.7 Å². The predicted octanol–water partition coefficient (Wildman–Crippen LogP) is 1.80.